The molecule has 12 aromatic rings. The maximum atomic E-state index is 10.4. The summed E-state index contributed by atoms with van der Waals surface area (Å²) in [5.74, 6) is 3.61. The zero-order valence-corrected chi connectivity index (χ0v) is 64.6. The number of aromatic nitrogens is 6. The standard InChI is InChI=1S/C36H33N3O.C36H32N3O.4ClH.2K.2Pt/c2*1-23(2)27-15-10-16-28(24(3)4)35(27)39-33-20-7-6-17-32(33)38-36(39)26-13-9-12-25(22-26)30-18-11-19-31(37-30)29-14-5-8-21-34(29)40;;;;;;;;/h5-24,40H,1-4H3;5-21,23-24,40H,1-4H3;4*1H;;;;/q;-1;;;;;;;;+4/p-4. The summed E-state index contributed by atoms with van der Waals surface area (Å²) < 4.78 is 4.67. The summed E-state index contributed by atoms with van der Waals surface area (Å²) >= 11 is -0.556. The van der Waals surface area contributed by atoms with Gasteiger partial charge >= 0.3 is 113 Å². The average Bonchev–Trinajstić information content (AvgIpc) is 1.69. The molecule has 2 N–H and O–H groups in total. The number of imidazole rings is 2. The van der Waals surface area contributed by atoms with Gasteiger partial charge in [-0.3, -0.25) is 14.5 Å². The number of phenolic OH excluding ortho intramolecular Hbond substituents is 2. The second kappa shape index (κ2) is 32.3. The van der Waals surface area contributed by atoms with Crippen molar-refractivity contribution in [2.75, 3.05) is 0 Å². The fourth-order valence-corrected chi connectivity index (χ4v) is 10.8. The van der Waals surface area contributed by atoms with Gasteiger partial charge in [-0.1, -0.05) is 188 Å². The van der Waals surface area contributed by atoms with Crippen LogP contribution in [0.25, 0.3) is 101 Å². The molecule has 0 aliphatic carbocycles. The summed E-state index contributed by atoms with van der Waals surface area (Å²) in [6.07, 6.45) is 0. The SMILES string of the molecule is CC(C)c1cccc(C(C)C)c1-n1c(-c2[c-]c(-c3cccc(-c4ccccc4O)n3)ccc2)nc2ccccc21.CC(C)c1cccc(C(C)C)c1-n1c(-c2cccc(-c3cccc(-c4ccccc4O)n3)c2)nc2ccccc21.[Cl][Pt]([Cl])([Cl])[Cl].[K][K].[Pt]. The van der Waals surface area contributed by atoms with E-state index in [0.717, 1.165) is 73.1 Å². The first-order valence-electron chi connectivity index (χ1n) is 29.2. The van der Waals surface area contributed by atoms with Gasteiger partial charge in [-0.25, -0.2) is 9.97 Å². The van der Waals surface area contributed by atoms with E-state index in [9.17, 15) is 10.2 Å². The van der Waals surface area contributed by atoms with Gasteiger partial charge in [-0.2, -0.15) is 0 Å². The molecule has 0 atom stereocenters. The molecule has 0 saturated heterocycles. The molecule has 0 aliphatic heterocycles. The fourth-order valence-electron chi connectivity index (χ4n) is 10.8. The fraction of sp³-hybridized carbons (Fsp3) is 0.167. The first kappa shape index (κ1) is 70.3. The molecule has 16 heteroatoms. The molecule has 446 valence electrons. The monoisotopic (exact) mass is 1650 g/mol. The molecule has 8 nitrogen and oxygen atoms in total. The summed E-state index contributed by atoms with van der Waals surface area (Å²) in [7, 11) is 20.0. The van der Waals surface area contributed by atoms with E-state index < -0.39 is 11.9 Å². The van der Waals surface area contributed by atoms with Crippen LogP contribution in [0.1, 0.15) is 101 Å². The first-order valence-corrected chi connectivity index (χ1v) is 56.4. The summed E-state index contributed by atoms with van der Waals surface area (Å²) in [5.41, 5.74) is 20.0. The Morgan fingerprint density at radius 2 is 0.739 bits per heavy atom. The molecule has 88 heavy (non-hydrogen) atoms. The van der Waals surface area contributed by atoms with Crippen molar-refractivity contribution >= 4 is 123 Å². The molecule has 0 fully saturated rings. The molecule has 0 radical (unpaired) electrons. The van der Waals surface area contributed by atoms with Gasteiger partial charge in [0.25, 0.3) is 0 Å². The number of fused-ring (bicyclic) bond motifs is 2. The van der Waals surface area contributed by atoms with Crippen molar-refractivity contribution < 1.29 is 43.2 Å². The molecule has 0 saturated carbocycles. The zero-order valence-electron chi connectivity index (χ0n) is 50.7. The number of para-hydroxylation sites is 8. The van der Waals surface area contributed by atoms with Crippen molar-refractivity contribution in [2.45, 2.75) is 79.1 Å². The van der Waals surface area contributed by atoms with Gasteiger partial charge in [-0.05, 0) is 119 Å². The molecule has 12 rings (SSSR count). The van der Waals surface area contributed by atoms with Crippen molar-refractivity contribution in [1.82, 2.24) is 29.1 Å². The molecule has 0 aliphatic rings. The van der Waals surface area contributed by atoms with E-state index in [1.54, 1.807) is 12.1 Å². The van der Waals surface area contributed by atoms with Gasteiger partial charge in [0.2, 0.25) is 0 Å². The van der Waals surface area contributed by atoms with Crippen LogP contribution in [-0.2, 0) is 33.0 Å². The van der Waals surface area contributed by atoms with Gasteiger partial charge in [0.15, 0.2) is 0 Å². The maximum absolute atomic E-state index is 10.4. The minimum atomic E-state index is -3.06. The van der Waals surface area contributed by atoms with Gasteiger partial charge < -0.3 is 14.8 Å². The van der Waals surface area contributed by atoms with Crippen LogP contribution in [0.5, 0.6) is 11.5 Å². The summed E-state index contributed by atoms with van der Waals surface area (Å²) in [6.45, 7) is 18.0. The second-order valence-electron chi connectivity index (χ2n) is 21.9. The van der Waals surface area contributed by atoms with Crippen LogP contribution in [0.15, 0.2) is 212 Å². The summed E-state index contributed by atoms with van der Waals surface area (Å²) in [4.78, 5) is 20.1. The molecule has 0 bridgehead atoms. The Kier molecular flexibility index (Phi) is 25.8. The Morgan fingerprint density at radius 1 is 0.386 bits per heavy atom. The Labute approximate surface area is 595 Å². The van der Waals surface area contributed by atoms with Crippen LogP contribution in [0.2, 0.25) is 0 Å². The van der Waals surface area contributed by atoms with Crippen LogP contribution in [-0.4, -0.2) is 102 Å². The van der Waals surface area contributed by atoms with E-state index >= 15 is 0 Å². The predicted octanol–water partition coefficient (Wildman–Crippen LogP) is 20.5. The number of rotatable bonds is 12. The van der Waals surface area contributed by atoms with Crippen molar-refractivity contribution in [3.05, 3.63) is 241 Å². The van der Waals surface area contributed by atoms with E-state index in [0.29, 0.717) is 40.5 Å². The Bertz CT molecular complexity index is 4030. The number of benzene rings is 8. The number of halogens is 4. The number of hydrogen-bond donors (Lipinski definition) is 2. The molecule has 0 amide bonds. The minimum Gasteiger partial charge on any atom is 0 e. The van der Waals surface area contributed by atoms with Crippen LogP contribution >= 0.6 is 37.7 Å². The van der Waals surface area contributed by atoms with Crippen molar-refractivity contribution in [3.8, 4) is 90.7 Å². The number of phenols is 2. The average molecular weight is 1660 g/mol. The third-order valence-electron chi connectivity index (χ3n) is 14.8. The second-order valence-corrected chi connectivity index (χ2v) is 41.6. The Hall–Kier alpha value is -3.59. The molecular formula is C72H65Cl4K2N6O2Pt2-. The zero-order chi connectivity index (χ0) is 62.1. The van der Waals surface area contributed by atoms with Crippen LogP contribution < -0.4 is 0 Å². The molecule has 0 spiro atoms. The normalized spacial score (nSPS) is 11.5. The van der Waals surface area contributed by atoms with Gasteiger partial charge in [-0.15, -0.1) is 24.3 Å². The van der Waals surface area contributed by atoms with E-state index in [-0.39, 0.29) is 32.6 Å². The number of nitrogens with zero attached hydrogens (tertiary/aromatic N) is 6. The maximum Gasteiger partial charge on any atom is 0 e. The Balaban J connectivity index is 0.000000204. The van der Waals surface area contributed by atoms with E-state index in [2.05, 4.69) is 174 Å². The van der Waals surface area contributed by atoms with E-state index in [4.69, 9.17) is 57.6 Å². The van der Waals surface area contributed by atoms with Crippen molar-refractivity contribution in [1.29, 1.82) is 0 Å². The van der Waals surface area contributed by atoms with E-state index in [1.165, 1.54) is 96.8 Å². The Morgan fingerprint density at radius 3 is 1.22 bits per heavy atom. The molecular weight excluding hydrogens is 1590 g/mol. The largest absolute Gasteiger partial charge is 0 e. The smallest absolute Gasteiger partial charge is 0 e. The third kappa shape index (κ3) is 16.8. The minimum absolute atomic E-state index is 0. The van der Waals surface area contributed by atoms with Crippen molar-refractivity contribution in [3.63, 3.8) is 0 Å². The molecule has 8 aromatic carbocycles. The van der Waals surface area contributed by atoms with Gasteiger partial charge in [0, 0.05) is 54.7 Å². The van der Waals surface area contributed by atoms with Gasteiger partial charge in [0.05, 0.1) is 50.7 Å². The number of hydrogen-bond acceptors (Lipinski definition) is 6. The van der Waals surface area contributed by atoms with E-state index in [1.807, 2.05) is 97.1 Å². The number of pyridine rings is 2. The summed E-state index contributed by atoms with van der Waals surface area (Å²) in [6, 6.07) is 74.6. The van der Waals surface area contributed by atoms with Gasteiger partial charge in [0.1, 0.15) is 17.3 Å². The number of aromatic hydroxyl groups is 2. The van der Waals surface area contributed by atoms with Crippen LogP contribution in [0, 0.1) is 6.07 Å². The third-order valence-corrected chi connectivity index (χ3v) is 14.8. The molecule has 4 heterocycles. The van der Waals surface area contributed by atoms with Crippen LogP contribution in [0.4, 0.5) is 0 Å². The predicted molar refractivity (Wildman–Crippen MR) is 364 cm³/mol. The van der Waals surface area contributed by atoms with Crippen LogP contribution in [0.3, 0.4) is 0 Å². The quantitative estimate of drug-likeness (QED) is 0.0933. The molecule has 0 unspecified atom stereocenters. The molecule has 4 aromatic heterocycles. The first-order chi connectivity index (χ1) is 41.8. The summed E-state index contributed by atoms with van der Waals surface area (Å²) in [5, 5.41) is 20.8. The van der Waals surface area contributed by atoms with Crippen molar-refractivity contribution in [2.24, 2.45) is 0 Å². The topological polar surface area (TPSA) is 102 Å².